The van der Waals surface area contributed by atoms with Crippen molar-refractivity contribution >= 4 is 22.1 Å². The lowest BCUT2D eigenvalue weighted by Gasteiger charge is -2.23. The number of guanidine groups is 1. The summed E-state index contributed by atoms with van der Waals surface area (Å²) in [5.41, 5.74) is -0.515. The van der Waals surface area contributed by atoms with Gasteiger partial charge in [0.05, 0.1) is 12.3 Å². The number of ether oxygens (including phenoxy) is 1. The molecule has 0 aliphatic carbocycles. The molecule has 1 aliphatic heterocycles. The van der Waals surface area contributed by atoms with Crippen LogP contribution in [0.2, 0.25) is 0 Å². The third-order valence-electron chi connectivity index (χ3n) is 3.50. The first-order chi connectivity index (χ1) is 12.0. The Labute approximate surface area is 157 Å². The summed E-state index contributed by atoms with van der Waals surface area (Å²) in [5, 5.41) is 6.13. The molecule has 1 unspecified atom stereocenters. The quantitative estimate of drug-likeness (QED) is 0.331. The molecule has 152 valence electrons. The van der Waals surface area contributed by atoms with Gasteiger partial charge in [0.1, 0.15) is 5.60 Å². The largest absolute Gasteiger partial charge is 0.444 e. The minimum Gasteiger partial charge on any atom is -0.444 e. The molecule has 1 heterocycles. The van der Waals surface area contributed by atoms with Gasteiger partial charge in [-0.25, -0.2) is 17.9 Å². The predicted octanol–water partition coefficient (Wildman–Crippen LogP) is 0.490. The fourth-order valence-electron chi connectivity index (χ4n) is 2.49. The first kappa shape index (κ1) is 22.5. The number of nitrogens with one attached hydrogen (secondary N) is 3. The van der Waals surface area contributed by atoms with Crippen LogP contribution in [0, 0.1) is 0 Å². The van der Waals surface area contributed by atoms with Gasteiger partial charge in [-0.05, 0) is 40.5 Å². The van der Waals surface area contributed by atoms with Gasteiger partial charge in [0.2, 0.25) is 10.0 Å². The van der Waals surface area contributed by atoms with Crippen LogP contribution in [0.4, 0.5) is 4.79 Å². The van der Waals surface area contributed by atoms with Crippen molar-refractivity contribution in [3.63, 3.8) is 0 Å². The summed E-state index contributed by atoms with van der Waals surface area (Å²) in [6.45, 7) is 10.6. The maximum absolute atomic E-state index is 11.9. The highest BCUT2D eigenvalue weighted by molar-refractivity contribution is 7.88. The van der Waals surface area contributed by atoms with Crippen LogP contribution < -0.4 is 15.4 Å². The number of alkyl carbamates (subject to hydrolysis) is 1. The minimum atomic E-state index is -3.16. The fraction of sp³-hybridized carbons (Fsp3) is 0.875. The van der Waals surface area contributed by atoms with E-state index in [9.17, 15) is 13.2 Å². The average molecular weight is 392 g/mol. The Balaban J connectivity index is 2.47. The molecule has 1 atom stereocenters. The lowest BCUT2D eigenvalue weighted by atomic mass is 10.2. The SMILES string of the molecule is CCNC(=NCCCNS(C)(=O)=O)N1CCC(NC(=O)OC(C)(C)C)C1. The van der Waals surface area contributed by atoms with Crippen LogP contribution in [0.5, 0.6) is 0 Å². The van der Waals surface area contributed by atoms with Crippen LogP contribution in [0.1, 0.15) is 40.5 Å². The summed E-state index contributed by atoms with van der Waals surface area (Å²) >= 11 is 0. The zero-order chi connectivity index (χ0) is 19.8. The van der Waals surface area contributed by atoms with Gasteiger partial charge in [0, 0.05) is 32.7 Å². The van der Waals surface area contributed by atoms with Gasteiger partial charge in [-0.2, -0.15) is 0 Å². The molecule has 1 fully saturated rings. The normalized spacial score (nSPS) is 18.7. The van der Waals surface area contributed by atoms with Crippen LogP contribution in [0.15, 0.2) is 4.99 Å². The second kappa shape index (κ2) is 9.96. The molecule has 9 nitrogen and oxygen atoms in total. The molecule has 0 aromatic heterocycles. The Bertz CT molecular complexity index is 586. The van der Waals surface area contributed by atoms with Gasteiger partial charge in [0.15, 0.2) is 5.96 Å². The van der Waals surface area contributed by atoms with Crippen LogP contribution in [0.25, 0.3) is 0 Å². The van der Waals surface area contributed by atoms with E-state index in [2.05, 4.69) is 25.2 Å². The van der Waals surface area contributed by atoms with Crippen LogP contribution >= 0.6 is 0 Å². The molecule has 0 saturated carbocycles. The number of hydrogen-bond donors (Lipinski definition) is 3. The molecule has 0 radical (unpaired) electrons. The highest BCUT2D eigenvalue weighted by atomic mass is 32.2. The molecular weight excluding hydrogens is 358 g/mol. The first-order valence-electron chi connectivity index (χ1n) is 8.97. The number of carbonyl (C=O) groups is 1. The smallest absolute Gasteiger partial charge is 0.407 e. The zero-order valence-electron chi connectivity index (χ0n) is 16.5. The number of aliphatic imine (C=N–C) groups is 1. The van der Waals surface area contributed by atoms with Crippen molar-refractivity contribution in [1.29, 1.82) is 0 Å². The van der Waals surface area contributed by atoms with E-state index in [1.807, 2.05) is 27.7 Å². The van der Waals surface area contributed by atoms with Crippen molar-refractivity contribution in [2.45, 2.75) is 52.2 Å². The van der Waals surface area contributed by atoms with Crippen molar-refractivity contribution in [1.82, 2.24) is 20.3 Å². The summed E-state index contributed by atoms with van der Waals surface area (Å²) in [5.74, 6) is 0.778. The van der Waals surface area contributed by atoms with E-state index in [1.54, 1.807) is 0 Å². The van der Waals surface area contributed by atoms with E-state index in [0.29, 0.717) is 26.1 Å². The number of nitrogens with zero attached hydrogens (tertiary/aromatic N) is 2. The molecule has 1 rings (SSSR count). The van der Waals surface area contributed by atoms with Crippen LogP contribution in [0.3, 0.4) is 0 Å². The summed E-state index contributed by atoms with van der Waals surface area (Å²) in [6.07, 6.45) is 2.18. The summed E-state index contributed by atoms with van der Waals surface area (Å²) in [4.78, 5) is 18.5. The number of carbonyl (C=O) groups excluding carboxylic acids is 1. The molecule has 1 saturated heterocycles. The topological polar surface area (TPSA) is 112 Å². The number of hydrogen-bond acceptors (Lipinski definition) is 5. The molecule has 1 amide bonds. The number of amides is 1. The van der Waals surface area contributed by atoms with E-state index in [1.165, 1.54) is 0 Å². The van der Waals surface area contributed by atoms with Gasteiger partial charge in [-0.3, -0.25) is 4.99 Å². The average Bonchev–Trinajstić information content (AvgIpc) is 2.90. The molecular formula is C16H33N5O4S. The van der Waals surface area contributed by atoms with E-state index in [0.717, 1.165) is 31.7 Å². The highest BCUT2D eigenvalue weighted by Gasteiger charge is 2.27. The maximum Gasteiger partial charge on any atom is 0.407 e. The van der Waals surface area contributed by atoms with E-state index in [-0.39, 0.29) is 6.04 Å². The van der Waals surface area contributed by atoms with Crippen molar-refractivity contribution in [2.75, 3.05) is 39.0 Å². The molecule has 10 heteroatoms. The minimum absolute atomic E-state index is 0.0145. The van der Waals surface area contributed by atoms with Gasteiger partial charge in [-0.1, -0.05) is 0 Å². The molecule has 0 aromatic carbocycles. The second-order valence-corrected chi connectivity index (χ2v) is 9.17. The highest BCUT2D eigenvalue weighted by Crippen LogP contribution is 2.12. The van der Waals surface area contributed by atoms with E-state index < -0.39 is 21.7 Å². The molecule has 3 N–H and O–H groups in total. The number of sulfonamides is 1. The Morgan fingerprint density at radius 2 is 2.04 bits per heavy atom. The van der Waals surface area contributed by atoms with Gasteiger partial charge >= 0.3 is 6.09 Å². The molecule has 0 spiro atoms. The lowest BCUT2D eigenvalue weighted by molar-refractivity contribution is 0.0507. The Morgan fingerprint density at radius 3 is 2.62 bits per heavy atom. The Hall–Kier alpha value is -1.55. The van der Waals surface area contributed by atoms with Crippen LogP contribution in [-0.2, 0) is 14.8 Å². The van der Waals surface area contributed by atoms with Crippen molar-refractivity contribution in [3.8, 4) is 0 Å². The molecule has 0 aromatic rings. The zero-order valence-corrected chi connectivity index (χ0v) is 17.3. The third-order valence-corrected chi connectivity index (χ3v) is 4.23. The van der Waals surface area contributed by atoms with E-state index in [4.69, 9.17) is 4.74 Å². The Morgan fingerprint density at radius 1 is 1.35 bits per heavy atom. The Kier molecular flexibility index (Phi) is 8.61. The molecule has 1 aliphatic rings. The molecule has 26 heavy (non-hydrogen) atoms. The molecule has 0 bridgehead atoms. The number of likely N-dealkylation sites (tertiary alicyclic amines) is 1. The second-order valence-electron chi connectivity index (χ2n) is 7.33. The van der Waals surface area contributed by atoms with Gasteiger partial charge in [-0.15, -0.1) is 0 Å². The monoisotopic (exact) mass is 391 g/mol. The van der Waals surface area contributed by atoms with Gasteiger partial charge in [0.25, 0.3) is 0 Å². The third kappa shape index (κ3) is 9.81. The predicted molar refractivity (Wildman–Crippen MR) is 103 cm³/mol. The van der Waals surface area contributed by atoms with Crippen LogP contribution in [-0.4, -0.2) is 76.0 Å². The van der Waals surface area contributed by atoms with Crippen molar-refractivity contribution in [3.05, 3.63) is 0 Å². The standard InChI is InChI=1S/C16H33N5O4S/c1-6-17-14(18-9-7-10-19-26(5,23)24)21-11-8-13(12-21)20-15(22)25-16(2,3)4/h13,19H,6-12H2,1-5H3,(H,17,18)(H,20,22). The number of rotatable bonds is 7. The van der Waals surface area contributed by atoms with Crippen molar-refractivity contribution < 1.29 is 17.9 Å². The summed E-state index contributed by atoms with van der Waals surface area (Å²) in [6, 6.07) is 0.0145. The van der Waals surface area contributed by atoms with Gasteiger partial charge < -0.3 is 20.3 Å². The fourth-order valence-corrected chi connectivity index (χ4v) is 3.01. The summed E-state index contributed by atoms with van der Waals surface area (Å²) < 4.78 is 29.8. The van der Waals surface area contributed by atoms with Crippen molar-refractivity contribution in [2.24, 2.45) is 4.99 Å². The first-order valence-corrected chi connectivity index (χ1v) is 10.9. The summed E-state index contributed by atoms with van der Waals surface area (Å²) in [7, 11) is -3.16. The van der Waals surface area contributed by atoms with E-state index >= 15 is 0 Å². The maximum atomic E-state index is 11.9. The lowest BCUT2D eigenvalue weighted by Crippen LogP contribution is -2.44.